The number of hydrogen-bond acceptors (Lipinski definition) is 0. The lowest BCUT2D eigenvalue weighted by Crippen LogP contribution is -1.83. The Morgan fingerprint density at radius 2 is 1.55 bits per heavy atom. The van der Waals surface area contributed by atoms with Gasteiger partial charge < -0.3 is 0 Å². The quantitative estimate of drug-likeness (QED) is 0.560. The van der Waals surface area contributed by atoms with Crippen LogP contribution in [-0.2, 0) is 0 Å². The third-order valence-corrected chi connectivity index (χ3v) is 3.02. The van der Waals surface area contributed by atoms with Gasteiger partial charge in [-0.05, 0) is 31.0 Å². The first-order valence-corrected chi connectivity index (χ1v) is 4.28. The zero-order valence-electron chi connectivity index (χ0n) is 6.21. The van der Waals surface area contributed by atoms with Crippen molar-refractivity contribution in [3.8, 4) is 0 Å². The van der Waals surface area contributed by atoms with Gasteiger partial charge in [-0.25, -0.2) is 0 Å². The summed E-state index contributed by atoms with van der Waals surface area (Å²) < 4.78 is 0. The summed E-state index contributed by atoms with van der Waals surface area (Å²) in [5, 5.41) is 1.51. The van der Waals surface area contributed by atoms with Gasteiger partial charge >= 0.3 is 0 Å². The highest BCUT2D eigenvalue weighted by Crippen LogP contribution is 2.34. The molecule has 60 valence electrons. The third kappa shape index (κ3) is 1.64. The predicted molar refractivity (Wildman–Crippen MR) is 50.9 cm³/mol. The molecule has 1 aromatic carbocycles. The molecule has 0 bridgehead atoms. The van der Waals surface area contributed by atoms with Gasteiger partial charge in [0.25, 0.3) is 0 Å². The molecule has 0 atom stereocenters. The van der Waals surface area contributed by atoms with Crippen LogP contribution in [0.15, 0.2) is 6.07 Å². The van der Waals surface area contributed by atoms with Crippen LogP contribution >= 0.6 is 34.8 Å². The Labute approximate surface area is 81.1 Å². The minimum absolute atomic E-state index is 0.441. The molecule has 0 amide bonds. The predicted octanol–water partition coefficient (Wildman–Crippen LogP) is 4.26. The second-order valence-corrected chi connectivity index (χ2v) is 3.59. The lowest BCUT2D eigenvalue weighted by Gasteiger charge is -2.05. The number of hydrogen-bond donors (Lipinski definition) is 0. The largest absolute Gasteiger partial charge is 0.0826 e. The van der Waals surface area contributed by atoms with Gasteiger partial charge in [-0.1, -0.05) is 34.8 Å². The van der Waals surface area contributed by atoms with Crippen molar-refractivity contribution in [3.63, 3.8) is 0 Å². The number of benzene rings is 1. The van der Waals surface area contributed by atoms with Gasteiger partial charge in [0, 0.05) is 0 Å². The maximum Gasteiger partial charge on any atom is 0.0781 e. The maximum atomic E-state index is 5.87. The summed E-state index contributed by atoms with van der Waals surface area (Å²) in [5.41, 5.74) is 2.05. The van der Waals surface area contributed by atoms with Crippen LogP contribution < -0.4 is 0 Å². The third-order valence-electron chi connectivity index (χ3n) is 1.67. The fourth-order valence-corrected chi connectivity index (χ4v) is 1.56. The summed E-state index contributed by atoms with van der Waals surface area (Å²) in [6, 6.07) is 1.81. The SMILES string of the molecule is Cc1cc(Cl)c(Cl)c(Cl)c1C. The average molecular weight is 210 g/mol. The van der Waals surface area contributed by atoms with E-state index >= 15 is 0 Å². The first kappa shape index (κ1) is 9.18. The van der Waals surface area contributed by atoms with E-state index in [0.717, 1.165) is 11.1 Å². The molecule has 0 unspecified atom stereocenters. The molecule has 0 N–H and O–H groups in total. The molecule has 0 aliphatic rings. The van der Waals surface area contributed by atoms with E-state index < -0.39 is 0 Å². The summed E-state index contributed by atoms with van der Waals surface area (Å²) >= 11 is 17.4. The van der Waals surface area contributed by atoms with E-state index in [1.54, 1.807) is 0 Å². The monoisotopic (exact) mass is 208 g/mol. The Balaban J connectivity index is 3.46. The van der Waals surface area contributed by atoms with Crippen molar-refractivity contribution in [1.82, 2.24) is 0 Å². The maximum absolute atomic E-state index is 5.87. The van der Waals surface area contributed by atoms with Crippen molar-refractivity contribution in [1.29, 1.82) is 0 Å². The minimum Gasteiger partial charge on any atom is -0.0826 e. The van der Waals surface area contributed by atoms with E-state index in [1.165, 1.54) is 0 Å². The normalized spacial score (nSPS) is 10.3. The van der Waals surface area contributed by atoms with Crippen LogP contribution in [0.2, 0.25) is 15.1 Å². The zero-order chi connectivity index (χ0) is 8.59. The van der Waals surface area contributed by atoms with E-state index in [9.17, 15) is 0 Å². The topological polar surface area (TPSA) is 0 Å². The van der Waals surface area contributed by atoms with Gasteiger partial charge in [0.2, 0.25) is 0 Å². The van der Waals surface area contributed by atoms with Crippen LogP contribution in [0.1, 0.15) is 11.1 Å². The van der Waals surface area contributed by atoms with E-state index in [1.807, 2.05) is 19.9 Å². The van der Waals surface area contributed by atoms with Gasteiger partial charge in [0.1, 0.15) is 0 Å². The van der Waals surface area contributed by atoms with Crippen molar-refractivity contribution in [2.75, 3.05) is 0 Å². The molecule has 0 aromatic heterocycles. The highest BCUT2D eigenvalue weighted by atomic mass is 35.5. The first-order valence-electron chi connectivity index (χ1n) is 3.14. The molecular weight excluding hydrogens is 202 g/mol. The van der Waals surface area contributed by atoms with Crippen LogP contribution in [0.3, 0.4) is 0 Å². The summed E-state index contributed by atoms with van der Waals surface area (Å²) in [4.78, 5) is 0. The molecule has 0 radical (unpaired) electrons. The Bertz CT molecular complexity index is 266. The van der Waals surface area contributed by atoms with Crippen LogP contribution in [0.25, 0.3) is 0 Å². The molecule has 11 heavy (non-hydrogen) atoms. The molecule has 0 spiro atoms. The van der Waals surface area contributed by atoms with Crippen LogP contribution in [-0.4, -0.2) is 0 Å². The Morgan fingerprint density at radius 3 is 2.09 bits per heavy atom. The Hall–Kier alpha value is 0.0900. The molecular formula is C8H7Cl3. The molecule has 0 aliphatic heterocycles. The molecule has 0 fully saturated rings. The van der Waals surface area contributed by atoms with Gasteiger partial charge in [0.15, 0.2) is 0 Å². The Kier molecular flexibility index (Phi) is 2.69. The minimum atomic E-state index is 0.441. The van der Waals surface area contributed by atoms with Crippen molar-refractivity contribution < 1.29 is 0 Å². The van der Waals surface area contributed by atoms with Crippen LogP contribution in [0, 0.1) is 13.8 Å². The zero-order valence-corrected chi connectivity index (χ0v) is 8.48. The lowest BCUT2D eigenvalue weighted by molar-refractivity contribution is 1.34. The molecule has 3 heteroatoms. The second kappa shape index (κ2) is 3.22. The Morgan fingerprint density at radius 1 is 1.00 bits per heavy atom. The summed E-state index contributed by atoms with van der Waals surface area (Å²) in [5.74, 6) is 0. The molecule has 1 rings (SSSR count). The standard InChI is InChI=1S/C8H7Cl3/c1-4-3-6(9)8(11)7(10)5(4)2/h3H,1-2H3. The van der Waals surface area contributed by atoms with Crippen molar-refractivity contribution in [2.45, 2.75) is 13.8 Å². The fraction of sp³-hybridized carbons (Fsp3) is 0.250. The van der Waals surface area contributed by atoms with Crippen LogP contribution in [0.4, 0.5) is 0 Å². The molecule has 0 aliphatic carbocycles. The molecule has 1 aromatic rings. The number of halogens is 3. The van der Waals surface area contributed by atoms with Crippen molar-refractivity contribution >= 4 is 34.8 Å². The van der Waals surface area contributed by atoms with Crippen molar-refractivity contribution in [2.24, 2.45) is 0 Å². The van der Waals surface area contributed by atoms with Crippen LogP contribution in [0.5, 0.6) is 0 Å². The molecule has 0 saturated heterocycles. The van der Waals surface area contributed by atoms with E-state index in [4.69, 9.17) is 34.8 Å². The molecule has 0 heterocycles. The highest BCUT2D eigenvalue weighted by Gasteiger charge is 2.07. The second-order valence-electron chi connectivity index (χ2n) is 2.43. The van der Waals surface area contributed by atoms with Gasteiger partial charge in [-0.15, -0.1) is 0 Å². The highest BCUT2D eigenvalue weighted by molar-refractivity contribution is 6.48. The van der Waals surface area contributed by atoms with E-state index in [0.29, 0.717) is 15.1 Å². The summed E-state index contributed by atoms with van der Waals surface area (Å²) in [6.45, 7) is 3.86. The fourth-order valence-electron chi connectivity index (χ4n) is 0.804. The van der Waals surface area contributed by atoms with Gasteiger partial charge in [-0.3, -0.25) is 0 Å². The molecule has 0 nitrogen and oxygen atoms in total. The van der Waals surface area contributed by atoms with E-state index in [-0.39, 0.29) is 0 Å². The summed E-state index contributed by atoms with van der Waals surface area (Å²) in [6.07, 6.45) is 0. The lowest BCUT2D eigenvalue weighted by atomic mass is 10.1. The smallest absolute Gasteiger partial charge is 0.0781 e. The first-order chi connectivity index (χ1) is 5.04. The van der Waals surface area contributed by atoms with Gasteiger partial charge in [-0.2, -0.15) is 0 Å². The molecule has 0 saturated carbocycles. The van der Waals surface area contributed by atoms with Gasteiger partial charge in [0.05, 0.1) is 15.1 Å². The number of rotatable bonds is 0. The number of aryl methyl sites for hydroxylation is 1. The van der Waals surface area contributed by atoms with E-state index in [2.05, 4.69) is 0 Å². The average Bonchev–Trinajstić information content (AvgIpc) is 1.97. The summed E-state index contributed by atoms with van der Waals surface area (Å²) in [7, 11) is 0. The van der Waals surface area contributed by atoms with Crippen molar-refractivity contribution in [3.05, 3.63) is 32.3 Å².